The number of rotatable bonds is 5. The largest absolute Gasteiger partial charge is 0.356 e. The molecule has 0 aliphatic heterocycles. The van der Waals surface area contributed by atoms with Crippen LogP contribution >= 0.6 is 0 Å². The van der Waals surface area contributed by atoms with E-state index in [0.29, 0.717) is 6.42 Å². The predicted octanol–water partition coefficient (Wildman–Crippen LogP) is 2.85. The molecule has 0 radical (unpaired) electrons. The summed E-state index contributed by atoms with van der Waals surface area (Å²) in [5.41, 5.74) is 1.57. The fraction of sp³-hybridized carbons (Fsp3) is 0.333. The molecule has 15 heavy (non-hydrogen) atoms. The van der Waals surface area contributed by atoms with Crippen LogP contribution in [0.2, 0.25) is 0 Å². The molecule has 0 heterocycles. The van der Waals surface area contributed by atoms with Crippen molar-refractivity contribution in [2.24, 2.45) is 0 Å². The first-order valence-electron chi connectivity index (χ1n) is 4.66. The van der Waals surface area contributed by atoms with Crippen LogP contribution in [0.25, 0.3) is 5.57 Å². The van der Waals surface area contributed by atoms with Gasteiger partial charge in [-0.3, -0.25) is 0 Å². The standard InChI is InChI=1S/C12H15FO2/c1-9(7-12(14-2)15-3)10-5-4-6-11(13)8-10/h4-6,8,12H,1,7H2,2-3H3. The molecule has 1 aromatic rings. The molecule has 0 aliphatic rings. The van der Waals surface area contributed by atoms with E-state index in [2.05, 4.69) is 6.58 Å². The SMILES string of the molecule is C=C(CC(OC)OC)c1cccc(F)c1. The zero-order valence-corrected chi connectivity index (χ0v) is 9.00. The molecular formula is C12H15FO2. The van der Waals surface area contributed by atoms with Crippen molar-refractivity contribution in [3.05, 3.63) is 42.2 Å². The Balaban J connectivity index is 2.68. The second kappa shape index (κ2) is 5.63. The van der Waals surface area contributed by atoms with Crippen molar-refractivity contribution >= 4 is 5.57 Å². The van der Waals surface area contributed by atoms with Crippen LogP contribution in [0.5, 0.6) is 0 Å². The van der Waals surface area contributed by atoms with Crippen LogP contribution in [0, 0.1) is 5.82 Å². The van der Waals surface area contributed by atoms with Crippen molar-refractivity contribution in [1.82, 2.24) is 0 Å². The molecule has 2 nitrogen and oxygen atoms in total. The zero-order chi connectivity index (χ0) is 11.3. The molecule has 0 atom stereocenters. The van der Waals surface area contributed by atoms with Crippen LogP contribution < -0.4 is 0 Å². The number of benzene rings is 1. The van der Waals surface area contributed by atoms with Gasteiger partial charge in [-0.05, 0) is 23.3 Å². The molecule has 0 fully saturated rings. The normalized spacial score (nSPS) is 10.7. The Hall–Kier alpha value is -1.19. The molecule has 0 aromatic heterocycles. The smallest absolute Gasteiger partial charge is 0.160 e. The lowest BCUT2D eigenvalue weighted by molar-refractivity contribution is -0.0971. The molecule has 0 aliphatic carbocycles. The molecule has 0 spiro atoms. The lowest BCUT2D eigenvalue weighted by Gasteiger charge is -2.14. The van der Waals surface area contributed by atoms with Gasteiger partial charge in [0.2, 0.25) is 0 Å². The van der Waals surface area contributed by atoms with Gasteiger partial charge < -0.3 is 9.47 Å². The van der Waals surface area contributed by atoms with Gasteiger partial charge in [0.05, 0.1) is 0 Å². The Morgan fingerprint density at radius 2 is 2.07 bits per heavy atom. The second-order valence-electron chi connectivity index (χ2n) is 3.22. The third kappa shape index (κ3) is 3.46. The van der Waals surface area contributed by atoms with E-state index in [9.17, 15) is 4.39 Å². The number of hydrogen-bond donors (Lipinski definition) is 0. The van der Waals surface area contributed by atoms with Gasteiger partial charge in [0, 0.05) is 20.6 Å². The van der Waals surface area contributed by atoms with Gasteiger partial charge in [0.1, 0.15) is 5.82 Å². The third-order valence-corrected chi connectivity index (χ3v) is 2.17. The maximum absolute atomic E-state index is 12.9. The topological polar surface area (TPSA) is 18.5 Å². The Morgan fingerprint density at radius 1 is 1.40 bits per heavy atom. The van der Waals surface area contributed by atoms with E-state index in [0.717, 1.165) is 11.1 Å². The molecule has 0 amide bonds. The van der Waals surface area contributed by atoms with Crippen LogP contribution in [-0.2, 0) is 9.47 Å². The molecule has 0 unspecified atom stereocenters. The van der Waals surface area contributed by atoms with Crippen LogP contribution in [0.15, 0.2) is 30.8 Å². The summed E-state index contributed by atoms with van der Waals surface area (Å²) in [6.07, 6.45) is 0.192. The van der Waals surface area contributed by atoms with Crippen molar-refractivity contribution in [3.8, 4) is 0 Å². The Labute approximate surface area is 89.3 Å². The third-order valence-electron chi connectivity index (χ3n) is 2.17. The van der Waals surface area contributed by atoms with E-state index in [-0.39, 0.29) is 12.1 Å². The number of hydrogen-bond acceptors (Lipinski definition) is 2. The zero-order valence-electron chi connectivity index (χ0n) is 9.00. The predicted molar refractivity (Wildman–Crippen MR) is 57.9 cm³/mol. The van der Waals surface area contributed by atoms with Gasteiger partial charge in [0.25, 0.3) is 0 Å². The first kappa shape index (κ1) is 11.9. The van der Waals surface area contributed by atoms with E-state index in [1.54, 1.807) is 20.3 Å². The van der Waals surface area contributed by atoms with Crippen LogP contribution in [0.1, 0.15) is 12.0 Å². The lowest BCUT2D eigenvalue weighted by atomic mass is 10.0. The van der Waals surface area contributed by atoms with Gasteiger partial charge >= 0.3 is 0 Å². The average Bonchev–Trinajstić information content (AvgIpc) is 2.25. The van der Waals surface area contributed by atoms with Crippen molar-refractivity contribution in [1.29, 1.82) is 0 Å². The Bertz CT molecular complexity index is 332. The summed E-state index contributed by atoms with van der Waals surface area (Å²) in [5, 5.41) is 0. The van der Waals surface area contributed by atoms with E-state index >= 15 is 0 Å². The summed E-state index contributed by atoms with van der Waals surface area (Å²) in [5.74, 6) is -0.264. The van der Waals surface area contributed by atoms with Crippen molar-refractivity contribution < 1.29 is 13.9 Å². The molecular weight excluding hydrogens is 195 g/mol. The molecule has 0 saturated heterocycles. The highest BCUT2D eigenvalue weighted by molar-refractivity contribution is 5.63. The molecule has 1 aromatic carbocycles. The highest BCUT2D eigenvalue weighted by Gasteiger charge is 2.09. The summed E-state index contributed by atoms with van der Waals surface area (Å²) in [6, 6.07) is 6.32. The van der Waals surface area contributed by atoms with Gasteiger partial charge in [-0.25, -0.2) is 4.39 Å². The van der Waals surface area contributed by atoms with Crippen molar-refractivity contribution in [2.75, 3.05) is 14.2 Å². The van der Waals surface area contributed by atoms with E-state index in [1.165, 1.54) is 12.1 Å². The summed E-state index contributed by atoms with van der Waals surface area (Å²) in [6.45, 7) is 3.88. The molecule has 0 bridgehead atoms. The van der Waals surface area contributed by atoms with E-state index < -0.39 is 0 Å². The Morgan fingerprint density at radius 3 is 2.60 bits per heavy atom. The molecule has 3 heteroatoms. The van der Waals surface area contributed by atoms with Crippen LogP contribution in [0.4, 0.5) is 4.39 Å². The first-order valence-corrected chi connectivity index (χ1v) is 4.66. The fourth-order valence-corrected chi connectivity index (χ4v) is 1.29. The van der Waals surface area contributed by atoms with E-state index in [4.69, 9.17) is 9.47 Å². The number of methoxy groups -OCH3 is 2. The molecule has 0 N–H and O–H groups in total. The monoisotopic (exact) mass is 210 g/mol. The van der Waals surface area contributed by atoms with Gasteiger partial charge in [0.15, 0.2) is 6.29 Å². The second-order valence-corrected chi connectivity index (χ2v) is 3.22. The molecule has 82 valence electrons. The van der Waals surface area contributed by atoms with Gasteiger partial charge in [-0.15, -0.1) is 0 Å². The number of halogens is 1. The maximum Gasteiger partial charge on any atom is 0.160 e. The van der Waals surface area contributed by atoms with Crippen molar-refractivity contribution in [3.63, 3.8) is 0 Å². The summed E-state index contributed by atoms with van der Waals surface area (Å²) < 4.78 is 23.0. The quantitative estimate of drug-likeness (QED) is 0.696. The number of ether oxygens (including phenoxy) is 2. The first-order chi connectivity index (χ1) is 7.17. The summed E-state index contributed by atoms with van der Waals surface area (Å²) >= 11 is 0. The lowest BCUT2D eigenvalue weighted by Crippen LogP contribution is -2.13. The van der Waals surface area contributed by atoms with Gasteiger partial charge in [-0.1, -0.05) is 18.7 Å². The molecule has 0 saturated carbocycles. The van der Waals surface area contributed by atoms with Crippen LogP contribution in [-0.4, -0.2) is 20.5 Å². The maximum atomic E-state index is 12.9. The van der Waals surface area contributed by atoms with Gasteiger partial charge in [-0.2, -0.15) is 0 Å². The molecule has 1 rings (SSSR count). The average molecular weight is 210 g/mol. The Kier molecular flexibility index (Phi) is 4.46. The summed E-state index contributed by atoms with van der Waals surface area (Å²) in [7, 11) is 3.13. The minimum absolute atomic E-state index is 0.264. The summed E-state index contributed by atoms with van der Waals surface area (Å²) in [4.78, 5) is 0. The van der Waals surface area contributed by atoms with Crippen LogP contribution in [0.3, 0.4) is 0 Å². The minimum Gasteiger partial charge on any atom is -0.356 e. The van der Waals surface area contributed by atoms with E-state index in [1.807, 2.05) is 6.07 Å². The highest BCUT2D eigenvalue weighted by Crippen LogP contribution is 2.19. The fourth-order valence-electron chi connectivity index (χ4n) is 1.29. The minimum atomic E-state index is -0.333. The highest BCUT2D eigenvalue weighted by atomic mass is 19.1. The van der Waals surface area contributed by atoms with Crippen molar-refractivity contribution in [2.45, 2.75) is 12.7 Å².